The Labute approximate surface area is 129 Å². The molecular weight excluding hydrogens is 286 g/mol. The largest absolute Gasteiger partial charge is 0.341 e. The normalized spacial score (nSPS) is 20.5. The molecule has 0 aromatic heterocycles. The Bertz CT molecular complexity index is 545. The molecule has 0 radical (unpaired) electrons. The number of rotatable bonds is 3. The Balaban J connectivity index is 1.58. The summed E-state index contributed by atoms with van der Waals surface area (Å²) in [5.74, 6) is -0.265. The number of nitrogens with zero attached hydrogens (tertiary/aromatic N) is 2. The predicted molar refractivity (Wildman–Crippen MR) is 80.2 cm³/mol. The molecule has 0 N–H and O–H groups in total. The van der Waals surface area contributed by atoms with Gasteiger partial charge in [-0.1, -0.05) is 6.42 Å². The maximum absolute atomic E-state index is 13.7. The van der Waals surface area contributed by atoms with Gasteiger partial charge in [0.15, 0.2) is 0 Å². The minimum absolute atomic E-state index is 0.229. The molecule has 2 fully saturated rings. The average Bonchev–Trinajstić information content (AvgIpc) is 2.66. The first-order valence-corrected chi connectivity index (χ1v) is 8.08. The third kappa shape index (κ3) is 3.46. The summed E-state index contributed by atoms with van der Waals surface area (Å²) in [6, 6.07) is 3.58. The lowest BCUT2D eigenvalue weighted by atomic mass is 9.84. The van der Waals surface area contributed by atoms with Crippen molar-refractivity contribution in [3.05, 3.63) is 35.4 Å². The zero-order valence-electron chi connectivity index (χ0n) is 12.7. The zero-order valence-corrected chi connectivity index (χ0v) is 12.7. The third-order valence-electron chi connectivity index (χ3n) is 4.76. The summed E-state index contributed by atoms with van der Waals surface area (Å²) in [6.45, 7) is 3.39. The molecule has 0 unspecified atom stereocenters. The lowest BCUT2D eigenvalue weighted by Crippen LogP contribution is -2.41. The van der Waals surface area contributed by atoms with Crippen molar-refractivity contribution in [1.82, 2.24) is 9.80 Å². The average molecular weight is 308 g/mol. The highest BCUT2D eigenvalue weighted by Crippen LogP contribution is 2.28. The maximum Gasteiger partial charge on any atom is 0.225 e. The van der Waals surface area contributed by atoms with Gasteiger partial charge in [-0.25, -0.2) is 8.78 Å². The lowest BCUT2D eigenvalue weighted by Gasteiger charge is -2.31. The molecule has 3 nitrogen and oxygen atoms in total. The van der Waals surface area contributed by atoms with Gasteiger partial charge in [-0.3, -0.25) is 9.69 Å². The van der Waals surface area contributed by atoms with Crippen LogP contribution >= 0.6 is 0 Å². The first kappa shape index (κ1) is 15.4. The Kier molecular flexibility index (Phi) is 4.71. The molecule has 1 saturated carbocycles. The number of hydrogen-bond acceptors (Lipinski definition) is 2. The van der Waals surface area contributed by atoms with Gasteiger partial charge in [0.25, 0.3) is 0 Å². The highest BCUT2D eigenvalue weighted by atomic mass is 19.1. The van der Waals surface area contributed by atoms with Crippen molar-refractivity contribution in [2.24, 2.45) is 5.92 Å². The van der Waals surface area contributed by atoms with Gasteiger partial charge in [-0.15, -0.1) is 0 Å². The maximum atomic E-state index is 13.7. The molecule has 1 heterocycles. The van der Waals surface area contributed by atoms with E-state index < -0.39 is 5.82 Å². The number of hydrogen-bond donors (Lipinski definition) is 0. The quantitative estimate of drug-likeness (QED) is 0.857. The van der Waals surface area contributed by atoms with Gasteiger partial charge in [-0.2, -0.15) is 0 Å². The number of carbonyl (C=O) groups is 1. The Hall–Kier alpha value is -1.49. The summed E-state index contributed by atoms with van der Waals surface area (Å²) in [7, 11) is 0. The van der Waals surface area contributed by atoms with E-state index in [1.54, 1.807) is 0 Å². The van der Waals surface area contributed by atoms with Gasteiger partial charge in [0, 0.05) is 44.2 Å². The molecule has 120 valence electrons. The van der Waals surface area contributed by atoms with Crippen LogP contribution in [0.3, 0.4) is 0 Å². The topological polar surface area (TPSA) is 23.6 Å². The molecule has 3 rings (SSSR count). The first-order chi connectivity index (χ1) is 10.6. The molecule has 1 aromatic carbocycles. The van der Waals surface area contributed by atoms with Crippen LogP contribution in [-0.4, -0.2) is 41.9 Å². The van der Waals surface area contributed by atoms with Crippen LogP contribution in [0.15, 0.2) is 18.2 Å². The van der Waals surface area contributed by atoms with E-state index in [1.165, 1.54) is 12.1 Å². The smallest absolute Gasteiger partial charge is 0.225 e. The molecule has 0 spiro atoms. The van der Waals surface area contributed by atoms with E-state index in [1.807, 2.05) is 4.90 Å². The van der Waals surface area contributed by atoms with Gasteiger partial charge in [-0.05, 0) is 37.5 Å². The number of benzene rings is 1. The van der Waals surface area contributed by atoms with Crippen LogP contribution in [0.1, 0.15) is 31.2 Å². The molecule has 22 heavy (non-hydrogen) atoms. The van der Waals surface area contributed by atoms with Crippen LogP contribution < -0.4 is 0 Å². The third-order valence-corrected chi connectivity index (χ3v) is 4.76. The molecule has 0 atom stereocenters. The molecule has 1 aliphatic carbocycles. The van der Waals surface area contributed by atoms with E-state index in [2.05, 4.69) is 4.90 Å². The highest BCUT2D eigenvalue weighted by molar-refractivity contribution is 5.79. The monoisotopic (exact) mass is 308 g/mol. The summed E-state index contributed by atoms with van der Waals surface area (Å²) in [4.78, 5) is 16.3. The fourth-order valence-electron chi connectivity index (χ4n) is 3.17. The fraction of sp³-hybridized carbons (Fsp3) is 0.588. The second kappa shape index (κ2) is 6.73. The summed E-state index contributed by atoms with van der Waals surface area (Å²) in [5.41, 5.74) is 0.388. The van der Waals surface area contributed by atoms with Gasteiger partial charge in [0.05, 0.1) is 0 Å². The number of halogens is 2. The Morgan fingerprint density at radius 3 is 2.64 bits per heavy atom. The minimum atomic E-state index is -0.409. The van der Waals surface area contributed by atoms with Crippen LogP contribution in [0.5, 0.6) is 0 Å². The second-order valence-electron chi connectivity index (χ2n) is 6.32. The zero-order chi connectivity index (χ0) is 15.5. The predicted octanol–water partition coefficient (Wildman–Crippen LogP) is 2.80. The van der Waals surface area contributed by atoms with Crippen LogP contribution in [0, 0.1) is 17.6 Å². The van der Waals surface area contributed by atoms with Crippen molar-refractivity contribution in [2.75, 3.05) is 26.2 Å². The molecule has 1 amide bonds. The first-order valence-electron chi connectivity index (χ1n) is 8.08. The molecule has 1 saturated heterocycles. The fourth-order valence-corrected chi connectivity index (χ4v) is 3.17. The standard InChI is InChI=1S/C17H22F2N2O/c18-15-5-6-16(19)14(11-15)12-20-7-2-8-21(10-9-20)17(22)13-3-1-4-13/h5-6,11,13H,1-4,7-10,12H2. The summed E-state index contributed by atoms with van der Waals surface area (Å²) >= 11 is 0. The molecule has 1 aliphatic heterocycles. The van der Waals surface area contributed by atoms with E-state index in [-0.39, 0.29) is 17.6 Å². The van der Waals surface area contributed by atoms with E-state index >= 15 is 0 Å². The van der Waals surface area contributed by atoms with E-state index in [0.717, 1.165) is 44.8 Å². The number of amides is 1. The molecule has 5 heteroatoms. The Morgan fingerprint density at radius 1 is 1.09 bits per heavy atom. The lowest BCUT2D eigenvalue weighted by molar-refractivity contribution is -0.138. The van der Waals surface area contributed by atoms with Crippen molar-refractivity contribution < 1.29 is 13.6 Å². The molecule has 0 bridgehead atoms. The molecule has 1 aromatic rings. The van der Waals surface area contributed by atoms with E-state index in [0.29, 0.717) is 25.2 Å². The van der Waals surface area contributed by atoms with Gasteiger partial charge < -0.3 is 4.90 Å². The van der Waals surface area contributed by atoms with Crippen LogP contribution in [0.4, 0.5) is 8.78 Å². The van der Waals surface area contributed by atoms with Crippen LogP contribution in [0.25, 0.3) is 0 Å². The van der Waals surface area contributed by atoms with Gasteiger partial charge >= 0.3 is 0 Å². The molecule has 2 aliphatic rings. The SMILES string of the molecule is O=C(C1CCC1)N1CCCN(Cc2cc(F)ccc2F)CC1. The van der Waals surface area contributed by atoms with Crippen LogP contribution in [-0.2, 0) is 11.3 Å². The summed E-state index contributed by atoms with van der Waals surface area (Å²) in [5, 5.41) is 0. The Morgan fingerprint density at radius 2 is 1.91 bits per heavy atom. The van der Waals surface area contributed by atoms with Crippen molar-refractivity contribution in [3.8, 4) is 0 Å². The van der Waals surface area contributed by atoms with Crippen molar-refractivity contribution in [2.45, 2.75) is 32.2 Å². The van der Waals surface area contributed by atoms with Crippen molar-refractivity contribution in [1.29, 1.82) is 0 Å². The van der Waals surface area contributed by atoms with Gasteiger partial charge in [0.1, 0.15) is 11.6 Å². The van der Waals surface area contributed by atoms with Crippen LogP contribution in [0.2, 0.25) is 0 Å². The molecular formula is C17H22F2N2O. The van der Waals surface area contributed by atoms with E-state index in [4.69, 9.17) is 0 Å². The highest BCUT2D eigenvalue weighted by Gasteiger charge is 2.30. The second-order valence-corrected chi connectivity index (χ2v) is 6.32. The minimum Gasteiger partial charge on any atom is -0.341 e. The van der Waals surface area contributed by atoms with Crippen molar-refractivity contribution >= 4 is 5.91 Å². The summed E-state index contributed by atoms with van der Waals surface area (Å²) < 4.78 is 27.0. The number of carbonyl (C=O) groups excluding carboxylic acids is 1. The van der Waals surface area contributed by atoms with Gasteiger partial charge in [0.2, 0.25) is 5.91 Å². The van der Waals surface area contributed by atoms with E-state index in [9.17, 15) is 13.6 Å². The van der Waals surface area contributed by atoms with Crippen molar-refractivity contribution in [3.63, 3.8) is 0 Å². The summed E-state index contributed by atoms with van der Waals surface area (Å²) in [6.07, 6.45) is 4.09.